The number of hydrogen-bond acceptors (Lipinski definition) is 3. The second-order valence-corrected chi connectivity index (χ2v) is 7.32. The Kier molecular flexibility index (Phi) is 7.28. The third-order valence-corrected chi connectivity index (χ3v) is 5.49. The highest BCUT2D eigenvalue weighted by molar-refractivity contribution is 5.78. The topological polar surface area (TPSA) is 56.2 Å². The van der Waals surface area contributed by atoms with Gasteiger partial charge in [0, 0.05) is 24.4 Å². The van der Waals surface area contributed by atoms with Gasteiger partial charge in [-0.3, -0.25) is 4.79 Å². The number of imidazole rings is 1. The Morgan fingerprint density at radius 1 is 1.10 bits per heavy atom. The molecule has 3 aromatic rings. The molecule has 2 aromatic carbocycles. The van der Waals surface area contributed by atoms with Gasteiger partial charge in [-0.25, -0.2) is 4.98 Å². The van der Waals surface area contributed by atoms with E-state index in [1.54, 1.807) is 7.11 Å². The number of nitrogens with zero attached hydrogens (tertiary/aromatic N) is 2. The second kappa shape index (κ2) is 10.1. The minimum absolute atomic E-state index is 0.116. The molecule has 0 aliphatic carbocycles. The van der Waals surface area contributed by atoms with Crippen molar-refractivity contribution in [1.29, 1.82) is 0 Å². The highest BCUT2D eigenvalue weighted by Crippen LogP contribution is 2.23. The molecule has 0 saturated heterocycles. The normalized spacial score (nSPS) is 11.2. The summed E-state index contributed by atoms with van der Waals surface area (Å²) in [5.74, 6) is 2.20. The summed E-state index contributed by atoms with van der Waals surface area (Å²) in [5.41, 5.74) is 3.24. The molecule has 29 heavy (non-hydrogen) atoms. The van der Waals surface area contributed by atoms with E-state index in [1.165, 1.54) is 0 Å². The lowest BCUT2D eigenvalue weighted by atomic mass is 10.0. The predicted molar refractivity (Wildman–Crippen MR) is 117 cm³/mol. The van der Waals surface area contributed by atoms with Gasteiger partial charge in [-0.15, -0.1) is 0 Å². The Labute approximate surface area is 173 Å². The largest absolute Gasteiger partial charge is 0.496 e. The van der Waals surface area contributed by atoms with Crippen LogP contribution in [0.4, 0.5) is 0 Å². The van der Waals surface area contributed by atoms with E-state index >= 15 is 0 Å². The minimum atomic E-state index is 0.116. The Morgan fingerprint density at radius 3 is 2.59 bits per heavy atom. The van der Waals surface area contributed by atoms with E-state index in [1.807, 2.05) is 36.4 Å². The summed E-state index contributed by atoms with van der Waals surface area (Å²) >= 11 is 0. The molecule has 5 heteroatoms. The standard InChI is InChI=1S/C24H31N3O2/c1-4-18(5-2)24(28)25-16-10-15-23-26-20-12-7-8-13-21(20)27(23)17-19-11-6-9-14-22(19)29-3/h6-9,11-14,18H,4-5,10,15-17H2,1-3H3,(H,25,28). The van der Waals surface area contributed by atoms with Gasteiger partial charge in [0.1, 0.15) is 11.6 Å². The van der Waals surface area contributed by atoms with E-state index in [-0.39, 0.29) is 11.8 Å². The zero-order valence-corrected chi connectivity index (χ0v) is 17.6. The first-order valence-corrected chi connectivity index (χ1v) is 10.5. The first kappa shape index (κ1) is 20.9. The fourth-order valence-electron chi connectivity index (χ4n) is 3.76. The molecule has 3 rings (SSSR count). The van der Waals surface area contributed by atoms with E-state index in [2.05, 4.69) is 35.9 Å². The smallest absolute Gasteiger partial charge is 0.223 e. The zero-order chi connectivity index (χ0) is 20.6. The van der Waals surface area contributed by atoms with Gasteiger partial charge in [-0.2, -0.15) is 0 Å². The van der Waals surface area contributed by atoms with E-state index in [9.17, 15) is 4.79 Å². The van der Waals surface area contributed by atoms with Crippen LogP contribution >= 0.6 is 0 Å². The zero-order valence-electron chi connectivity index (χ0n) is 17.6. The number of benzene rings is 2. The fourth-order valence-corrected chi connectivity index (χ4v) is 3.76. The summed E-state index contributed by atoms with van der Waals surface area (Å²) in [6.45, 7) is 5.51. The molecule has 5 nitrogen and oxygen atoms in total. The van der Waals surface area contributed by atoms with Gasteiger partial charge in [0.25, 0.3) is 0 Å². The number of ether oxygens (including phenoxy) is 1. The Morgan fingerprint density at radius 2 is 1.83 bits per heavy atom. The quantitative estimate of drug-likeness (QED) is 0.513. The van der Waals surface area contributed by atoms with E-state index in [0.29, 0.717) is 13.1 Å². The maximum absolute atomic E-state index is 12.2. The van der Waals surface area contributed by atoms with E-state index in [0.717, 1.165) is 53.9 Å². The molecular weight excluding hydrogens is 362 g/mol. The van der Waals surface area contributed by atoms with Gasteiger partial charge < -0.3 is 14.6 Å². The number of aryl methyl sites for hydroxylation is 1. The average molecular weight is 394 g/mol. The number of nitrogens with one attached hydrogen (secondary N) is 1. The maximum atomic E-state index is 12.2. The van der Waals surface area contributed by atoms with Crippen molar-refractivity contribution in [3.05, 3.63) is 59.9 Å². The van der Waals surface area contributed by atoms with Gasteiger partial charge in [-0.05, 0) is 37.5 Å². The number of carbonyl (C=O) groups is 1. The number of methoxy groups -OCH3 is 1. The molecule has 0 radical (unpaired) electrons. The molecule has 1 N–H and O–H groups in total. The first-order chi connectivity index (χ1) is 14.2. The Bertz CT molecular complexity index is 944. The third kappa shape index (κ3) is 4.97. The van der Waals surface area contributed by atoms with Gasteiger partial charge in [0.15, 0.2) is 0 Å². The summed E-state index contributed by atoms with van der Waals surface area (Å²) in [6.07, 6.45) is 3.45. The molecule has 1 heterocycles. The Hall–Kier alpha value is -2.82. The van der Waals surface area contributed by atoms with Crippen molar-refractivity contribution in [2.45, 2.75) is 46.1 Å². The molecule has 0 spiro atoms. The molecule has 0 bridgehead atoms. The maximum Gasteiger partial charge on any atom is 0.223 e. The molecular formula is C24H31N3O2. The number of fused-ring (bicyclic) bond motifs is 1. The average Bonchev–Trinajstić information content (AvgIpc) is 3.10. The van der Waals surface area contributed by atoms with Crippen molar-refractivity contribution in [2.24, 2.45) is 5.92 Å². The Balaban J connectivity index is 1.74. The van der Waals surface area contributed by atoms with Crippen LogP contribution in [0, 0.1) is 5.92 Å². The van der Waals surface area contributed by atoms with Crippen LogP contribution < -0.4 is 10.1 Å². The van der Waals surface area contributed by atoms with Crippen molar-refractivity contribution in [3.8, 4) is 5.75 Å². The summed E-state index contributed by atoms with van der Waals surface area (Å²) in [5, 5.41) is 3.08. The summed E-state index contributed by atoms with van der Waals surface area (Å²) in [7, 11) is 1.70. The summed E-state index contributed by atoms with van der Waals surface area (Å²) < 4.78 is 7.79. The van der Waals surface area contributed by atoms with Crippen molar-refractivity contribution < 1.29 is 9.53 Å². The number of aromatic nitrogens is 2. The SMILES string of the molecule is CCC(CC)C(=O)NCCCc1nc2ccccc2n1Cc1ccccc1OC. The molecule has 1 amide bonds. The first-order valence-electron chi connectivity index (χ1n) is 10.5. The van der Waals surface area contributed by atoms with Crippen LogP contribution in [0.2, 0.25) is 0 Å². The van der Waals surface area contributed by atoms with Crippen LogP contribution in [0.3, 0.4) is 0 Å². The molecule has 0 fully saturated rings. The van der Waals surface area contributed by atoms with Crippen LogP contribution in [0.1, 0.15) is 44.5 Å². The van der Waals surface area contributed by atoms with Crippen LogP contribution in [0.15, 0.2) is 48.5 Å². The van der Waals surface area contributed by atoms with Crippen molar-refractivity contribution >= 4 is 16.9 Å². The summed E-state index contributed by atoms with van der Waals surface area (Å²) in [6, 6.07) is 16.3. The molecule has 154 valence electrons. The van der Waals surface area contributed by atoms with E-state index < -0.39 is 0 Å². The molecule has 0 atom stereocenters. The third-order valence-electron chi connectivity index (χ3n) is 5.49. The lowest BCUT2D eigenvalue weighted by Gasteiger charge is -2.14. The molecule has 0 saturated carbocycles. The molecule has 0 aliphatic rings. The molecule has 0 aliphatic heterocycles. The molecule has 0 unspecified atom stereocenters. The highest BCUT2D eigenvalue weighted by Gasteiger charge is 2.15. The molecule has 1 aromatic heterocycles. The van der Waals surface area contributed by atoms with Crippen molar-refractivity contribution in [1.82, 2.24) is 14.9 Å². The number of rotatable bonds is 10. The number of amides is 1. The number of hydrogen-bond donors (Lipinski definition) is 1. The van der Waals surface area contributed by atoms with Crippen LogP contribution in [0.5, 0.6) is 5.75 Å². The second-order valence-electron chi connectivity index (χ2n) is 7.32. The van der Waals surface area contributed by atoms with Gasteiger partial charge in [0.2, 0.25) is 5.91 Å². The van der Waals surface area contributed by atoms with E-state index in [4.69, 9.17) is 9.72 Å². The van der Waals surface area contributed by atoms with Gasteiger partial charge >= 0.3 is 0 Å². The van der Waals surface area contributed by atoms with Crippen molar-refractivity contribution in [2.75, 3.05) is 13.7 Å². The number of carbonyl (C=O) groups excluding carboxylic acids is 1. The van der Waals surface area contributed by atoms with Gasteiger partial charge in [-0.1, -0.05) is 44.2 Å². The van der Waals surface area contributed by atoms with Gasteiger partial charge in [0.05, 0.1) is 24.7 Å². The predicted octanol–water partition coefficient (Wildman–Crippen LogP) is 4.58. The minimum Gasteiger partial charge on any atom is -0.496 e. The summed E-state index contributed by atoms with van der Waals surface area (Å²) in [4.78, 5) is 17.0. The van der Waals surface area contributed by atoms with Crippen LogP contribution in [-0.4, -0.2) is 29.1 Å². The van der Waals surface area contributed by atoms with Crippen molar-refractivity contribution in [3.63, 3.8) is 0 Å². The highest BCUT2D eigenvalue weighted by atomic mass is 16.5. The fraction of sp³-hybridized carbons (Fsp3) is 0.417. The van der Waals surface area contributed by atoms with Crippen LogP contribution in [-0.2, 0) is 17.8 Å². The monoisotopic (exact) mass is 393 g/mol. The lowest BCUT2D eigenvalue weighted by molar-refractivity contribution is -0.125. The van der Waals surface area contributed by atoms with Crippen LogP contribution in [0.25, 0.3) is 11.0 Å². The lowest BCUT2D eigenvalue weighted by Crippen LogP contribution is -2.31. The number of para-hydroxylation sites is 3.